The maximum absolute atomic E-state index is 13.7. The van der Waals surface area contributed by atoms with Crippen molar-refractivity contribution < 1.29 is 23.9 Å². The summed E-state index contributed by atoms with van der Waals surface area (Å²) in [6.45, 7) is 11.4. The molecule has 2 N–H and O–H groups in total. The van der Waals surface area contributed by atoms with Crippen LogP contribution < -0.4 is 15.4 Å². The maximum Gasteiger partial charge on any atom is 0.339 e. The molecule has 3 amide bonds. The highest BCUT2D eigenvalue weighted by Gasteiger charge is 2.35. The lowest BCUT2D eigenvalue weighted by molar-refractivity contribution is -0.123. The van der Waals surface area contributed by atoms with Gasteiger partial charge in [0.2, 0.25) is 0 Å². The SMILES string of the molecule is COc1ccc(/C=C2/C[C@H](C(C)(C)C)Cc3c2nc2ccccc2c3C(=O)OCC(=O)NC(=O)NC(C)(C)C)cc1. The zero-order valence-electron chi connectivity index (χ0n) is 24.9. The Morgan fingerprint density at radius 3 is 2.29 bits per heavy atom. The van der Waals surface area contributed by atoms with Gasteiger partial charge in [0.15, 0.2) is 6.61 Å². The first-order chi connectivity index (χ1) is 19.2. The van der Waals surface area contributed by atoms with E-state index in [0.717, 1.165) is 34.6 Å². The van der Waals surface area contributed by atoms with Crippen LogP contribution in [0.1, 0.15) is 75.1 Å². The number of imide groups is 1. The second-order valence-electron chi connectivity index (χ2n) is 12.6. The summed E-state index contributed by atoms with van der Waals surface area (Å²) in [5.74, 6) is -0.319. The monoisotopic (exact) mass is 557 g/mol. The molecule has 8 heteroatoms. The highest BCUT2D eigenvalue weighted by Crippen LogP contribution is 2.45. The quantitative estimate of drug-likeness (QED) is 0.363. The average molecular weight is 558 g/mol. The first-order valence-electron chi connectivity index (χ1n) is 13.8. The molecule has 0 radical (unpaired) electrons. The highest BCUT2D eigenvalue weighted by atomic mass is 16.5. The van der Waals surface area contributed by atoms with Crippen LogP contribution in [-0.4, -0.2) is 42.1 Å². The third-order valence-corrected chi connectivity index (χ3v) is 7.18. The van der Waals surface area contributed by atoms with Crippen molar-refractivity contribution in [1.29, 1.82) is 0 Å². The number of aromatic nitrogens is 1. The molecule has 4 rings (SSSR count). The second-order valence-corrected chi connectivity index (χ2v) is 12.6. The largest absolute Gasteiger partial charge is 0.497 e. The number of carbonyl (C=O) groups excluding carboxylic acids is 3. The van der Waals surface area contributed by atoms with Gasteiger partial charge in [-0.25, -0.2) is 14.6 Å². The number of para-hydroxylation sites is 1. The molecule has 0 unspecified atom stereocenters. The number of rotatable bonds is 5. The molecular weight excluding hydrogens is 518 g/mol. The number of fused-ring (bicyclic) bond motifs is 2. The zero-order chi connectivity index (χ0) is 29.9. The van der Waals surface area contributed by atoms with Crippen molar-refractivity contribution in [2.75, 3.05) is 13.7 Å². The van der Waals surface area contributed by atoms with Crippen LogP contribution in [0.3, 0.4) is 0 Å². The van der Waals surface area contributed by atoms with Crippen LogP contribution in [0.4, 0.5) is 4.79 Å². The lowest BCUT2D eigenvalue weighted by Gasteiger charge is -2.36. The minimum absolute atomic E-state index is 0.0379. The maximum atomic E-state index is 13.7. The average Bonchev–Trinajstić information content (AvgIpc) is 2.89. The number of ether oxygens (including phenoxy) is 2. The number of methoxy groups -OCH3 is 1. The van der Waals surface area contributed by atoms with Gasteiger partial charge in [0.1, 0.15) is 5.75 Å². The summed E-state index contributed by atoms with van der Waals surface area (Å²) in [5, 5.41) is 5.53. The first-order valence-corrected chi connectivity index (χ1v) is 13.8. The summed E-state index contributed by atoms with van der Waals surface area (Å²) in [4.78, 5) is 43.2. The van der Waals surface area contributed by atoms with Gasteiger partial charge in [-0.2, -0.15) is 0 Å². The molecule has 0 fully saturated rings. The molecule has 1 heterocycles. The predicted molar refractivity (Wildman–Crippen MR) is 161 cm³/mol. The molecule has 0 saturated carbocycles. The Labute approximate surface area is 241 Å². The molecular formula is C33H39N3O5. The molecule has 216 valence electrons. The van der Waals surface area contributed by atoms with Gasteiger partial charge in [-0.1, -0.05) is 51.1 Å². The minimum atomic E-state index is -0.708. The highest BCUT2D eigenvalue weighted by molar-refractivity contribution is 6.07. The van der Waals surface area contributed by atoms with Crippen LogP contribution in [0.2, 0.25) is 0 Å². The lowest BCUT2D eigenvalue weighted by atomic mass is 9.69. The molecule has 0 aliphatic heterocycles. The number of amides is 3. The third-order valence-electron chi connectivity index (χ3n) is 7.18. The van der Waals surface area contributed by atoms with Crippen molar-refractivity contribution in [2.24, 2.45) is 11.3 Å². The minimum Gasteiger partial charge on any atom is -0.497 e. The molecule has 1 aliphatic carbocycles. The standard InChI is InChI=1S/C33H39N3O5/c1-32(2,3)22-17-21(16-20-12-14-23(40-7)15-13-20)29-25(18-22)28(24-10-8-9-11-26(24)34-29)30(38)41-19-27(37)35-31(39)36-33(4,5)6/h8-16,22H,17-19H2,1-7H3,(H2,35,36,37,39)/b21-16-/t22-/m0/s1. The molecule has 0 spiro atoms. The first kappa shape index (κ1) is 29.8. The van der Waals surface area contributed by atoms with Gasteiger partial charge >= 0.3 is 12.0 Å². The van der Waals surface area contributed by atoms with Crippen LogP contribution in [-0.2, 0) is 16.0 Å². The van der Waals surface area contributed by atoms with Crippen molar-refractivity contribution >= 4 is 40.5 Å². The van der Waals surface area contributed by atoms with E-state index in [4.69, 9.17) is 14.5 Å². The Bertz CT molecular complexity index is 1490. The molecule has 1 aliphatic rings. The number of hydrogen-bond donors (Lipinski definition) is 2. The number of hydrogen-bond acceptors (Lipinski definition) is 6. The summed E-state index contributed by atoms with van der Waals surface area (Å²) in [6.07, 6.45) is 3.56. The number of nitrogens with zero attached hydrogens (tertiary/aromatic N) is 1. The summed E-state index contributed by atoms with van der Waals surface area (Å²) in [7, 11) is 1.64. The van der Waals surface area contributed by atoms with Crippen LogP contribution in [0.5, 0.6) is 5.75 Å². The molecule has 2 aromatic carbocycles. The number of nitrogens with one attached hydrogen (secondary N) is 2. The summed E-state index contributed by atoms with van der Waals surface area (Å²) < 4.78 is 10.8. The summed E-state index contributed by atoms with van der Waals surface area (Å²) in [6, 6.07) is 14.6. The van der Waals surface area contributed by atoms with Crippen molar-refractivity contribution in [3.8, 4) is 5.75 Å². The lowest BCUT2D eigenvalue weighted by Crippen LogP contribution is -2.49. The third kappa shape index (κ3) is 7.31. The van der Waals surface area contributed by atoms with Crippen LogP contribution in [0.25, 0.3) is 22.6 Å². The van der Waals surface area contributed by atoms with E-state index in [1.54, 1.807) is 27.9 Å². The van der Waals surface area contributed by atoms with E-state index in [-0.39, 0.29) is 11.3 Å². The van der Waals surface area contributed by atoms with Gasteiger partial charge in [0.05, 0.1) is 23.9 Å². The number of carbonyl (C=O) groups is 3. The molecule has 0 saturated heterocycles. The van der Waals surface area contributed by atoms with Gasteiger partial charge in [0.25, 0.3) is 5.91 Å². The zero-order valence-corrected chi connectivity index (χ0v) is 24.9. The van der Waals surface area contributed by atoms with Gasteiger partial charge in [-0.3, -0.25) is 10.1 Å². The van der Waals surface area contributed by atoms with Crippen molar-refractivity contribution in [1.82, 2.24) is 15.6 Å². The molecule has 3 aromatic rings. The topological polar surface area (TPSA) is 107 Å². The molecule has 1 atom stereocenters. The molecule has 0 bridgehead atoms. The second kappa shape index (κ2) is 11.7. The summed E-state index contributed by atoms with van der Waals surface area (Å²) in [5.41, 5.74) is 4.14. The molecule has 1 aromatic heterocycles. The number of urea groups is 1. The van der Waals surface area contributed by atoms with E-state index in [0.29, 0.717) is 22.9 Å². The molecule has 41 heavy (non-hydrogen) atoms. The fourth-order valence-corrected chi connectivity index (χ4v) is 5.01. The van der Waals surface area contributed by atoms with Crippen LogP contribution in [0.15, 0.2) is 48.5 Å². The van der Waals surface area contributed by atoms with E-state index in [9.17, 15) is 14.4 Å². The predicted octanol–water partition coefficient (Wildman–Crippen LogP) is 6.17. The van der Waals surface area contributed by atoms with Crippen molar-refractivity contribution in [2.45, 2.75) is 59.9 Å². The number of allylic oxidation sites excluding steroid dienone is 1. The Hall–Kier alpha value is -4.20. The number of benzene rings is 2. The molecule has 8 nitrogen and oxygen atoms in total. The van der Waals surface area contributed by atoms with Gasteiger partial charge in [0, 0.05) is 10.9 Å². The van der Waals surface area contributed by atoms with E-state index in [2.05, 4.69) is 37.5 Å². The van der Waals surface area contributed by atoms with E-state index < -0.39 is 30.1 Å². The van der Waals surface area contributed by atoms with Crippen molar-refractivity contribution in [3.05, 3.63) is 70.9 Å². The van der Waals surface area contributed by atoms with Crippen LogP contribution in [0, 0.1) is 11.3 Å². The fraction of sp³-hybridized carbons (Fsp3) is 0.394. The van der Waals surface area contributed by atoms with Gasteiger partial charge in [-0.05, 0) is 85.9 Å². The van der Waals surface area contributed by atoms with Gasteiger partial charge in [-0.15, -0.1) is 0 Å². The van der Waals surface area contributed by atoms with Crippen molar-refractivity contribution in [3.63, 3.8) is 0 Å². The van der Waals surface area contributed by atoms with E-state index in [1.165, 1.54) is 0 Å². The van der Waals surface area contributed by atoms with E-state index >= 15 is 0 Å². The number of esters is 1. The van der Waals surface area contributed by atoms with Crippen LogP contribution >= 0.6 is 0 Å². The van der Waals surface area contributed by atoms with E-state index in [1.807, 2.05) is 48.5 Å². The number of pyridine rings is 1. The summed E-state index contributed by atoms with van der Waals surface area (Å²) >= 11 is 0. The Balaban J connectivity index is 1.73. The Morgan fingerprint density at radius 1 is 0.976 bits per heavy atom. The Morgan fingerprint density at radius 2 is 1.66 bits per heavy atom. The smallest absolute Gasteiger partial charge is 0.339 e. The van der Waals surface area contributed by atoms with Gasteiger partial charge < -0.3 is 14.8 Å². The fourth-order valence-electron chi connectivity index (χ4n) is 5.01. The normalized spacial score (nSPS) is 16.2. The Kier molecular flexibility index (Phi) is 8.52.